The van der Waals surface area contributed by atoms with E-state index in [1.165, 1.54) is 12.8 Å². The molecule has 1 aromatic heterocycles. The van der Waals surface area contributed by atoms with Crippen molar-refractivity contribution in [3.05, 3.63) is 30.5 Å². The minimum Gasteiger partial charge on any atom is -0.493 e. The molecule has 1 aliphatic carbocycles. The highest BCUT2D eigenvalue weighted by molar-refractivity contribution is 5.80. The Bertz CT molecular complexity index is 670. The van der Waals surface area contributed by atoms with Gasteiger partial charge in [0.15, 0.2) is 11.5 Å². The van der Waals surface area contributed by atoms with Crippen LogP contribution in [-0.2, 0) is 0 Å². The zero-order valence-corrected chi connectivity index (χ0v) is 12.3. The second kappa shape index (κ2) is 5.99. The van der Waals surface area contributed by atoms with E-state index in [2.05, 4.69) is 27.4 Å². The van der Waals surface area contributed by atoms with E-state index in [1.54, 1.807) is 20.4 Å². The number of hydrogen-bond donors (Lipinski definition) is 1. The van der Waals surface area contributed by atoms with E-state index in [4.69, 9.17) is 9.47 Å². The van der Waals surface area contributed by atoms with E-state index in [-0.39, 0.29) is 0 Å². The molecule has 0 bridgehead atoms. The van der Waals surface area contributed by atoms with Crippen LogP contribution in [0.1, 0.15) is 19.3 Å². The van der Waals surface area contributed by atoms with Crippen LogP contribution in [0.2, 0.25) is 0 Å². The van der Waals surface area contributed by atoms with Gasteiger partial charge in [0.1, 0.15) is 5.82 Å². The summed E-state index contributed by atoms with van der Waals surface area (Å²) >= 11 is 0. The molecule has 0 saturated carbocycles. The zero-order chi connectivity index (χ0) is 14.7. The molecule has 5 heteroatoms. The highest BCUT2D eigenvalue weighted by Crippen LogP contribution is 2.31. The molecule has 0 fully saturated rings. The van der Waals surface area contributed by atoms with Gasteiger partial charge in [-0.15, -0.1) is 0 Å². The third kappa shape index (κ3) is 2.91. The molecule has 0 spiro atoms. The number of fused-ring (bicyclic) bond motifs is 1. The number of nitrogens with zero attached hydrogens (tertiary/aromatic N) is 2. The van der Waals surface area contributed by atoms with Crippen LogP contribution in [0, 0.1) is 0 Å². The number of hydrogen-bond acceptors (Lipinski definition) is 5. The molecule has 21 heavy (non-hydrogen) atoms. The first-order valence-corrected chi connectivity index (χ1v) is 7.12. The SMILES string of the molecule is COc1cc2ncc(NC3C=CCCC3)nc2cc1OC. The maximum Gasteiger partial charge on any atom is 0.163 e. The van der Waals surface area contributed by atoms with E-state index in [9.17, 15) is 0 Å². The van der Waals surface area contributed by atoms with E-state index in [0.29, 0.717) is 17.5 Å². The molecular weight excluding hydrogens is 266 g/mol. The van der Waals surface area contributed by atoms with Crippen molar-refractivity contribution in [3.8, 4) is 11.5 Å². The van der Waals surface area contributed by atoms with Gasteiger partial charge in [0, 0.05) is 18.2 Å². The van der Waals surface area contributed by atoms with Crippen LogP contribution in [0.4, 0.5) is 5.82 Å². The first-order valence-electron chi connectivity index (χ1n) is 7.12. The van der Waals surface area contributed by atoms with Crippen molar-refractivity contribution < 1.29 is 9.47 Å². The van der Waals surface area contributed by atoms with Crippen LogP contribution in [0.3, 0.4) is 0 Å². The molecule has 0 aliphatic heterocycles. The minimum atomic E-state index is 0.339. The van der Waals surface area contributed by atoms with Crippen molar-refractivity contribution >= 4 is 16.9 Å². The summed E-state index contributed by atoms with van der Waals surface area (Å²) in [5, 5.41) is 3.41. The highest BCUT2D eigenvalue weighted by Gasteiger charge is 2.11. The molecule has 5 nitrogen and oxygen atoms in total. The molecule has 0 radical (unpaired) electrons. The van der Waals surface area contributed by atoms with Gasteiger partial charge < -0.3 is 14.8 Å². The van der Waals surface area contributed by atoms with Gasteiger partial charge in [0.25, 0.3) is 0 Å². The molecule has 1 aromatic carbocycles. The minimum absolute atomic E-state index is 0.339. The number of benzene rings is 1. The fourth-order valence-corrected chi connectivity index (χ4v) is 2.53. The number of nitrogens with one attached hydrogen (secondary N) is 1. The van der Waals surface area contributed by atoms with Crippen molar-refractivity contribution in [1.82, 2.24) is 9.97 Å². The number of anilines is 1. The summed E-state index contributed by atoms with van der Waals surface area (Å²) in [5.74, 6) is 2.11. The Hall–Kier alpha value is -2.30. The first-order chi connectivity index (χ1) is 10.3. The van der Waals surface area contributed by atoms with E-state index < -0.39 is 0 Å². The van der Waals surface area contributed by atoms with Crippen molar-refractivity contribution in [1.29, 1.82) is 0 Å². The topological polar surface area (TPSA) is 56.3 Å². The van der Waals surface area contributed by atoms with Gasteiger partial charge >= 0.3 is 0 Å². The summed E-state index contributed by atoms with van der Waals surface area (Å²) in [6.45, 7) is 0. The molecule has 1 N–H and O–H groups in total. The fourth-order valence-electron chi connectivity index (χ4n) is 2.53. The third-order valence-electron chi connectivity index (χ3n) is 3.64. The summed E-state index contributed by atoms with van der Waals surface area (Å²) in [5.41, 5.74) is 1.58. The summed E-state index contributed by atoms with van der Waals surface area (Å²) in [4.78, 5) is 9.06. The van der Waals surface area contributed by atoms with Gasteiger partial charge in [-0.25, -0.2) is 4.98 Å². The lowest BCUT2D eigenvalue weighted by Gasteiger charge is -2.18. The van der Waals surface area contributed by atoms with Crippen molar-refractivity contribution in [3.63, 3.8) is 0 Å². The molecule has 110 valence electrons. The molecule has 1 atom stereocenters. The second-order valence-corrected chi connectivity index (χ2v) is 5.06. The van der Waals surface area contributed by atoms with Crippen LogP contribution < -0.4 is 14.8 Å². The fraction of sp³-hybridized carbons (Fsp3) is 0.375. The van der Waals surface area contributed by atoms with Crippen LogP contribution in [0.15, 0.2) is 30.5 Å². The molecule has 1 aliphatic rings. The summed E-state index contributed by atoms with van der Waals surface area (Å²) in [6.07, 6.45) is 9.67. The van der Waals surface area contributed by atoms with Crippen LogP contribution in [0.5, 0.6) is 11.5 Å². The quantitative estimate of drug-likeness (QED) is 0.874. The highest BCUT2D eigenvalue weighted by atomic mass is 16.5. The number of rotatable bonds is 4. The van der Waals surface area contributed by atoms with Crippen molar-refractivity contribution in [2.45, 2.75) is 25.3 Å². The maximum atomic E-state index is 5.31. The number of ether oxygens (including phenoxy) is 2. The van der Waals surface area contributed by atoms with E-state index >= 15 is 0 Å². The average Bonchev–Trinajstić information content (AvgIpc) is 2.54. The van der Waals surface area contributed by atoms with Crippen LogP contribution >= 0.6 is 0 Å². The van der Waals surface area contributed by atoms with E-state index in [1.807, 2.05) is 12.1 Å². The Morgan fingerprint density at radius 3 is 2.57 bits per heavy atom. The summed E-state index contributed by atoms with van der Waals surface area (Å²) in [6, 6.07) is 4.03. The molecule has 0 amide bonds. The first kappa shape index (κ1) is 13.7. The zero-order valence-electron chi connectivity index (χ0n) is 12.3. The van der Waals surface area contributed by atoms with Gasteiger partial charge in [0.2, 0.25) is 0 Å². The van der Waals surface area contributed by atoms with Gasteiger partial charge in [-0.05, 0) is 19.3 Å². The average molecular weight is 285 g/mol. The molecule has 2 aromatic rings. The lowest BCUT2D eigenvalue weighted by atomic mass is 10.0. The van der Waals surface area contributed by atoms with Gasteiger partial charge in [0.05, 0.1) is 31.4 Å². The Kier molecular flexibility index (Phi) is 3.90. The maximum absolute atomic E-state index is 5.31. The molecular formula is C16H19N3O2. The number of allylic oxidation sites excluding steroid dienone is 1. The predicted octanol–water partition coefficient (Wildman–Crippen LogP) is 3.17. The molecule has 1 unspecified atom stereocenters. The van der Waals surface area contributed by atoms with Crippen molar-refractivity contribution in [2.75, 3.05) is 19.5 Å². The predicted molar refractivity (Wildman–Crippen MR) is 83.0 cm³/mol. The third-order valence-corrected chi connectivity index (χ3v) is 3.64. The monoisotopic (exact) mass is 285 g/mol. The molecule has 1 heterocycles. The Labute approximate surface area is 124 Å². The standard InChI is InChI=1S/C16H19N3O2/c1-20-14-8-12-13(9-15(14)21-2)19-16(10-17-12)18-11-6-4-3-5-7-11/h4,6,8-11H,3,5,7H2,1-2H3,(H,18,19). The van der Waals surface area contributed by atoms with Crippen LogP contribution in [0.25, 0.3) is 11.0 Å². The smallest absolute Gasteiger partial charge is 0.163 e. The van der Waals surface area contributed by atoms with Crippen molar-refractivity contribution in [2.24, 2.45) is 0 Å². The number of methoxy groups -OCH3 is 2. The van der Waals surface area contributed by atoms with Gasteiger partial charge in [-0.2, -0.15) is 0 Å². The lowest BCUT2D eigenvalue weighted by Crippen LogP contribution is -2.19. The number of aromatic nitrogens is 2. The lowest BCUT2D eigenvalue weighted by molar-refractivity contribution is 0.355. The van der Waals surface area contributed by atoms with Crippen LogP contribution in [-0.4, -0.2) is 30.2 Å². The Morgan fingerprint density at radius 2 is 1.90 bits per heavy atom. The Balaban J connectivity index is 1.91. The van der Waals surface area contributed by atoms with Gasteiger partial charge in [-0.3, -0.25) is 4.98 Å². The molecule has 3 rings (SSSR count). The largest absolute Gasteiger partial charge is 0.493 e. The summed E-state index contributed by atoms with van der Waals surface area (Å²) < 4.78 is 10.6. The summed E-state index contributed by atoms with van der Waals surface area (Å²) in [7, 11) is 3.23. The Morgan fingerprint density at radius 1 is 1.14 bits per heavy atom. The van der Waals surface area contributed by atoms with E-state index in [0.717, 1.165) is 23.3 Å². The molecule has 0 saturated heterocycles. The second-order valence-electron chi connectivity index (χ2n) is 5.06. The van der Waals surface area contributed by atoms with Gasteiger partial charge in [-0.1, -0.05) is 12.2 Å². The normalized spacial score (nSPS) is 17.7.